The van der Waals surface area contributed by atoms with Crippen molar-refractivity contribution in [3.63, 3.8) is 0 Å². The molecule has 0 aliphatic heterocycles. The highest BCUT2D eigenvalue weighted by Gasteiger charge is 2.03. The van der Waals surface area contributed by atoms with Gasteiger partial charge in [0.1, 0.15) is 0 Å². The van der Waals surface area contributed by atoms with E-state index < -0.39 is 0 Å². The van der Waals surface area contributed by atoms with Crippen molar-refractivity contribution in [2.24, 2.45) is 5.73 Å². The first-order valence-corrected chi connectivity index (χ1v) is 6.34. The maximum Gasteiger partial charge on any atom is 0.220 e. The second-order valence-electron chi connectivity index (χ2n) is 4.25. The average Bonchev–Trinajstić information content (AvgIpc) is 2.26. The van der Waals surface area contributed by atoms with Crippen LogP contribution < -0.4 is 11.1 Å². The second-order valence-corrected chi connectivity index (χ2v) is 4.25. The summed E-state index contributed by atoms with van der Waals surface area (Å²) in [5, 5.41) is 2.92. The second kappa shape index (κ2) is 9.60. The van der Waals surface area contributed by atoms with Crippen molar-refractivity contribution in [1.82, 2.24) is 10.2 Å². The Morgan fingerprint density at radius 2 is 2.00 bits per heavy atom. The van der Waals surface area contributed by atoms with Crippen LogP contribution in [0.1, 0.15) is 40.0 Å². The minimum absolute atomic E-state index is 0.112. The standard InChI is InChI=1S/C12H27N3O/c1-4-15(5-2)10-6-9-14-12(16)8-7-11(3)13/h11H,4-10,13H2,1-3H3,(H,14,16). The number of nitrogens with zero attached hydrogens (tertiary/aromatic N) is 1. The van der Waals surface area contributed by atoms with Crippen LogP contribution >= 0.6 is 0 Å². The summed E-state index contributed by atoms with van der Waals surface area (Å²) in [6.45, 7) is 10.2. The van der Waals surface area contributed by atoms with Crippen LogP contribution in [0.2, 0.25) is 0 Å². The zero-order chi connectivity index (χ0) is 12.4. The Hall–Kier alpha value is -0.610. The van der Waals surface area contributed by atoms with Gasteiger partial charge in [0.05, 0.1) is 0 Å². The van der Waals surface area contributed by atoms with Crippen molar-refractivity contribution in [3.05, 3.63) is 0 Å². The Kier molecular flexibility index (Phi) is 9.24. The molecule has 0 radical (unpaired) electrons. The first-order chi connectivity index (χ1) is 7.60. The van der Waals surface area contributed by atoms with Crippen molar-refractivity contribution in [3.8, 4) is 0 Å². The molecule has 0 spiro atoms. The van der Waals surface area contributed by atoms with Crippen LogP contribution in [0.4, 0.5) is 0 Å². The quantitative estimate of drug-likeness (QED) is 0.579. The lowest BCUT2D eigenvalue weighted by atomic mass is 10.2. The average molecular weight is 229 g/mol. The smallest absolute Gasteiger partial charge is 0.220 e. The van der Waals surface area contributed by atoms with Crippen molar-refractivity contribution in [2.45, 2.75) is 46.1 Å². The van der Waals surface area contributed by atoms with Crippen molar-refractivity contribution in [2.75, 3.05) is 26.2 Å². The number of nitrogens with two attached hydrogens (primary N) is 1. The largest absolute Gasteiger partial charge is 0.356 e. The van der Waals surface area contributed by atoms with E-state index in [1.807, 2.05) is 6.92 Å². The molecule has 0 saturated carbocycles. The van der Waals surface area contributed by atoms with Gasteiger partial charge in [0, 0.05) is 19.0 Å². The molecule has 0 heterocycles. The minimum Gasteiger partial charge on any atom is -0.356 e. The molecule has 0 aromatic heterocycles. The normalized spacial score (nSPS) is 12.8. The summed E-state index contributed by atoms with van der Waals surface area (Å²) in [5.41, 5.74) is 5.58. The zero-order valence-corrected chi connectivity index (χ0v) is 11.0. The summed E-state index contributed by atoms with van der Waals surface area (Å²) in [5.74, 6) is 0.122. The summed E-state index contributed by atoms with van der Waals surface area (Å²) in [4.78, 5) is 13.7. The summed E-state index contributed by atoms with van der Waals surface area (Å²) >= 11 is 0. The number of carbonyl (C=O) groups is 1. The van der Waals surface area contributed by atoms with Crippen LogP contribution in [0, 0.1) is 0 Å². The van der Waals surface area contributed by atoms with Crippen LogP contribution in [0.25, 0.3) is 0 Å². The summed E-state index contributed by atoms with van der Waals surface area (Å²) in [6.07, 6.45) is 2.33. The van der Waals surface area contributed by atoms with E-state index in [1.165, 1.54) is 0 Å². The number of carbonyl (C=O) groups excluding carboxylic acids is 1. The molecule has 0 aliphatic carbocycles. The molecule has 1 atom stereocenters. The molecule has 96 valence electrons. The maximum absolute atomic E-state index is 11.4. The summed E-state index contributed by atoms with van der Waals surface area (Å²) in [6, 6.07) is 0.112. The molecule has 4 nitrogen and oxygen atoms in total. The van der Waals surface area contributed by atoms with E-state index in [-0.39, 0.29) is 11.9 Å². The van der Waals surface area contributed by atoms with Crippen LogP contribution in [-0.2, 0) is 4.79 Å². The van der Waals surface area contributed by atoms with Crippen LogP contribution in [0.5, 0.6) is 0 Å². The molecule has 0 aliphatic rings. The lowest BCUT2D eigenvalue weighted by molar-refractivity contribution is -0.121. The molecule has 0 bridgehead atoms. The van der Waals surface area contributed by atoms with Gasteiger partial charge in [0.15, 0.2) is 0 Å². The van der Waals surface area contributed by atoms with E-state index in [0.29, 0.717) is 6.42 Å². The van der Waals surface area contributed by atoms with E-state index >= 15 is 0 Å². The highest BCUT2D eigenvalue weighted by molar-refractivity contribution is 5.75. The topological polar surface area (TPSA) is 58.4 Å². The number of hydrogen-bond acceptors (Lipinski definition) is 3. The third-order valence-electron chi connectivity index (χ3n) is 2.69. The lowest BCUT2D eigenvalue weighted by Gasteiger charge is -2.17. The van der Waals surface area contributed by atoms with E-state index in [1.54, 1.807) is 0 Å². The molecule has 0 saturated heterocycles. The molecule has 3 N–H and O–H groups in total. The molecule has 1 unspecified atom stereocenters. The van der Waals surface area contributed by atoms with Crippen LogP contribution in [0.15, 0.2) is 0 Å². The third-order valence-corrected chi connectivity index (χ3v) is 2.69. The fraction of sp³-hybridized carbons (Fsp3) is 0.917. The number of hydrogen-bond donors (Lipinski definition) is 2. The van der Waals surface area contributed by atoms with Gasteiger partial charge in [0.2, 0.25) is 5.91 Å². The highest BCUT2D eigenvalue weighted by atomic mass is 16.1. The molecular weight excluding hydrogens is 202 g/mol. The van der Waals surface area contributed by atoms with Gasteiger partial charge in [-0.05, 0) is 39.4 Å². The molecule has 4 heteroatoms. The van der Waals surface area contributed by atoms with E-state index in [2.05, 4.69) is 24.1 Å². The molecule has 1 amide bonds. The zero-order valence-electron chi connectivity index (χ0n) is 11.0. The van der Waals surface area contributed by atoms with Gasteiger partial charge in [-0.1, -0.05) is 13.8 Å². The summed E-state index contributed by atoms with van der Waals surface area (Å²) < 4.78 is 0. The van der Waals surface area contributed by atoms with Gasteiger partial charge in [-0.2, -0.15) is 0 Å². The fourth-order valence-electron chi connectivity index (χ4n) is 1.52. The number of amides is 1. The maximum atomic E-state index is 11.4. The molecule has 0 rings (SSSR count). The minimum atomic E-state index is 0.112. The van der Waals surface area contributed by atoms with E-state index in [0.717, 1.165) is 39.0 Å². The van der Waals surface area contributed by atoms with Gasteiger partial charge < -0.3 is 16.0 Å². The predicted molar refractivity (Wildman–Crippen MR) is 68.3 cm³/mol. The third kappa shape index (κ3) is 8.68. The molecule has 0 aromatic rings. The van der Waals surface area contributed by atoms with Crippen molar-refractivity contribution < 1.29 is 4.79 Å². The summed E-state index contributed by atoms with van der Waals surface area (Å²) in [7, 11) is 0. The van der Waals surface area contributed by atoms with Gasteiger partial charge in [-0.3, -0.25) is 4.79 Å². The van der Waals surface area contributed by atoms with E-state index in [4.69, 9.17) is 5.73 Å². The van der Waals surface area contributed by atoms with Gasteiger partial charge in [-0.25, -0.2) is 0 Å². The van der Waals surface area contributed by atoms with Crippen molar-refractivity contribution in [1.29, 1.82) is 0 Å². The van der Waals surface area contributed by atoms with Crippen molar-refractivity contribution >= 4 is 5.91 Å². The monoisotopic (exact) mass is 229 g/mol. The van der Waals surface area contributed by atoms with Crippen LogP contribution in [0.3, 0.4) is 0 Å². The molecular formula is C12H27N3O. The molecule has 16 heavy (non-hydrogen) atoms. The van der Waals surface area contributed by atoms with Gasteiger partial charge in [-0.15, -0.1) is 0 Å². The molecule has 0 fully saturated rings. The first-order valence-electron chi connectivity index (χ1n) is 6.34. The molecule has 0 aromatic carbocycles. The Bertz CT molecular complexity index is 179. The van der Waals surface area contributed by atoms with Gasteiger partial charge >= 0.3 is 0 Å². The Morgan fingerprint density at radius 3 is 2.50 bits per heavy atom. The predicted octanol–water partition coefficient (Wildman–Crippen LogP) is 0.962. The fourth-order valence-corrected chi connectivity index (χ4v) is 1.52. The Labute approximate surface area is 99.6 Å². The number of nitrogens with one attached hydrogen (secondary N) is 1. The SMILES string of the molecule is CCN(CC)CCCNC(=O)CCC(C)N. The Balaban J connectivity index is 3.40. The van der Waals surface area contributed by atoms with Gasteiger partial charge in [0.25, 0.3) is 0 Å². The number of rotatable bonds is 9. The van der Waals surface area contributed by atoms with E-state index in [9.17, 15) is 4.79 Å². The lowest BCUT2D eigenvalue weighted by Crippen LogP contribution is -2.30. The van der Waals surface area contributed by atoms with Crippen LogP contribution in [-0.4, -0.2) is 43.0 Å². The Morgan fingerprint density at radius 1 is 1.38 bits per heavy atom. The first kappa shape index (κ1) is 15.4. The highest BCUT2D eigenvalue weighted by Crippen LogP contribution is 1.93.